The molecule has 1 saturated heterocycles. The topological polar surface area (TPSA) is 49.4 Å². The van der Waals surface area contributed by atoms with Crippen molar-refractivity contribution in [2.45, 2.75) is 59.4 Å². The van der Waals surface area contributed by atoms with Gasteiger partial charge in [-0.25, -0.2) is 0 Å². The van der Waals surface area contributed by atoms with Crippen molar-refractivity contribution in [2.75, 3.05) is 13.1 Å². The molecule has 2 atom stereocenters. The number of carbonyl (C=O) groups excluding carboxylic acids is 2. The maximum absolute atomic E-state index is 13.5. The second-order valence-corrected chi connectivity index (χ2v) is 10.2. The van der Waals surface area contributed by atoms with Crippen molar-refractivity contribution in [3.05, 3.63) is 59.7 Å². The first-order chi connectivity index (χ1) is 15.3. The molecule has 0 bridgehead atoms. The summed E-state index contributed by atoms with van der Waals surface area (Å²) in [6.45, 7) is 9.64. The number of aryl methyl sites for hydroxylation is 1. The van der Waals surface area contributed by atoms with Crippen LogP contribution in [-0.2, 0) is 16.0 Å². The number of likely N-dealkylation sites (tertiary alicyclic amines) is 1. The molecule has 0 radical (unpaired) electrons. The molecule has 2 aliphatic rings. The molecule has 32 heavy (non-hydrogen) atoms. The molecule has 1 heterocycles. The lowest BCUT2D eigenvalue weighted by atomic mass is 9.71. The van der Waals surface area contributed by atoms with E-state index in [1.54, 1.807) is 0 Å². The third-order valence-electron chi connectivity index (χ3n) is 7.34. The van der Waals surface area contributed by atoms with E-state index in [1.807, 2.05) is 18.7 Å². The van der Waals surface area contributed by atoms with Crippen LogP contribution in [0, 0.1) is 24.2 Å². The Morgan fingerprint density at radius 1 is 1.03 bits per heavy atom. The monoisotopic (exact) mass is 432 g/mol. The maximum Gasteiger partial charge on any atom is 0.226 e. The summed E-state index contributed by atoms with van der Waals surface area (Å²) in [6.07, 6.45) is 3.12. The molecule has 2 aromatic carbocycles. The molecular formula is C28H36N2O2. The van der Waals surface area contributed by atoms with E-state index in [4.69, 9.17) is 0 Å². The van der Waals surface area contributed by atoms with Crippen LogP contribution in [0.1, 0.15) is 51.2 Å². The minimum Gasteiger partial charge on any atom is -0.353 e. The average molecular weight is 433 g/mol. The molecular weight excluding hydrogens is 396 g/mol. The first kappa shape index (κ1) is 22.6. The summed E-state index contributed by atoms with van der Waals surface area (Å²) in [7, 11) is 0. The first-order valence-electron chi connectivity index (χ1n) is 12.0. The number of amides is 2. The number of nitrogens with one attached hydrogen (secondary N) is 1. The van der Waals surface area contributed by atoms with Crippen LogP contribution < -0.4 is 5.32 Å². The molecule has 0 spiro atoms. The summed E-state index contributed by atoms with van der Waals surface area (Å²) >= 11 is 0. The molecule has 1 aliphatic heterocycles. The standard InChI is InChI=1S/C28H36N2O2/c1-19(2)29-27(32)28(13-15-30(16-14-28)26(31)25-17-21(25)4)18-22-10-6-8-12-24(22)23-11-7-5-9-20(23)3/h5-12,19,21,25H,13-18H2,1-4H3,(H,29,32)/t21-,25+/m0/s1. The Morgan fingerprint density at radius 2 is 1.62 bits per heavy atom. The fourth-order valence-corrected chi connectivity index (χ4v) is 5.13. The number of nitrogens with zero attached hydrogens (tertiary/aromatic N) is 1. The summed E-state index contributed by atoms with van der Waals surface area (Å²) in [5.41, 5.74) is 4.37. The molecule has 170 valence electrons. The van der Waals surface area contributed by atoms with Gasteiger partial charge in [0, 0.05) is 25.0 Å². The van der Waals surface area contributed by atoms with Gasteiger partial charge in [-0.15, -0.1) is 0 Å². The summed E-state index contributed by atoms with van der Waals surface area (Å²) in [5, 5.41) is 3.19. The zero-order valence-corrected chi connectivity index (χ0v) is 19.9. The van der Waals surface area contributed by atoms with Gasteiger partial charge >= 0.3 is 0 Å². The molecule has 0 unspecified atom stereocenters. The Morgan fingerprint density at radius 3 is 2.22 bits per heavy atom. The van der Waals surface area contributed by atoms with Gasteiger partial charge in [0.2, 0.25) is 11.8 Å². The van der Waals surface area contributed by atoms with Gasteiger partial charge in [0.05, 0.1) is 5.41 Å². The summed E-state index contributed by atoms with van der Waals surface area (Å²) < 4.78 is 0. The Bertz CT molecular complexity index is 988. The zero-order valence-electron chi connectivity index (χ0n) is 19.9. The van der Waals surface area contributed by atoms with Gasteiger partial charge < -0.3 is 10.2 Å². The van der Waals surface area contributed by atoms with E-state index in [0.717, 1.165) is 6.42 Å². The van der Waals surface area contributed by atoms with E-state index in [2.05, 4.69) is 67.7 Å². The lowest BCUT2D eigenvalue weighted by Gasteiger charge is -2.41. The number of carbonyl (C=O) groups is 2. The Hall–Kier alpha value is -2.62. The van der Waals surface area contributed by atoms with Crippen molar-refractivity contribution in [3.63, 3.8) is 0 Å². The van der Waals surface area contributed by atoms with Crippen LogP contribution in [-0.4, -0.2) is 35.8 Å². The predicted octanol–water partition coefficient (Wildman–Crippen LogP) is 4.99. The Balaban J connectivity index is 1.61. The predicted molar refractivity (Wildman–Crippen MR) is 129 cm³/mol. The number of benzene rings is 2. The maximum atomic E-state index is 13.5. The van der Waals surface area contributed by atoms with Crippen molar-refractivity contribution in [2.24, 2.45) is 17.3 Å². The van der Waals surface area contributed by atoms with Gasteiger partial charge in [0.25, 0.3) is 0 Å². The van der Waals surface area contributed by atoms with Crippen molar-refractivity contribution in [1.29, 1.82) is 0 Å². The molecule has 4 heteroatoms. The number of piperidine rings is 1. The second-order valence-electron chi connectivity index (χ2n) is 10.2. The van der Waals surface area contributed by atoms with E-state index >= 15 is 0 Å². The fourth-order valence-electron chi connectivity index (χ4n) is 5.13. The normalized spacial score (nSPS) is 22.0. The quantitative estimate of drug-likeness (QED) is 0.699. The molecule has 0 aromatic heterocycles. The third kappa shape index (κ3) is 4.60. The van der Waals surface area contributed by atoms with E-state index in [1.165, 1.54) is 22.3 Å². The van der Waals surface area contributed by atoms with Crippen LogP contribution in [0.3, 0.4) is 0 Å². The summed E-state index contributed by atoms with van der Waals surface area (Å²) in [6, 6.07) is 17.0. The van der Waals surface area contributed by atoms with Gasteiger partial charge in [-0.1, -0.05) is 55.5 Å². The van der Waals surface area contributed by atoms with Crippen molar-refractivity contribution < 1.29 is 9.59 Å². The number of hydrogen-bond acceptors (Lipinski definition) is 2. The van der Waals surface area contributed by atoms with E-state index in [-0.39, 0.29) is 23.8 Å². The minimum atomic E-state index is -0.491. The molecule has 2 aromatic rings. The van der Waals surface area contributed by atoms with Gasteiger partial charge in [-0.2, -0.15) is 0 Å². The molecule has 2 fully saturated rings. The number of rotatable bonds is 6. The van der Waals surface area contributed by atoms with Crippen molar-refractivity contribution in [3.8, 4) is 11.1 Å². The highest BCUT2D eigenvalue weighted by atomic mass is 16.2. The molecule has 4 rings (SSSR count). The van der Waals surface area contributed by atoms with E-state index in [9.17, 15) is 9.59 Å². The minimum absolute atomic E-state index is 0.0953. The Kier molecular flexibility index (Phi) is 6.41. The van der Waals surface area contributed by atoms with E-state index < -0.39 is 5.41 Å². The van der Waals surface area contributed by atoms with Crippen molar-refractivity contribution >= 4 is 11.8 Å². The van der Waals surface area contributed by atoms with Crippen LogP contribution in [0.25, 0.3) is 11.1 Å². The first-order valence-corrected chi connectivity index (χ1v) is 12.0. The molecule has 2 amide bonds. The van der Waals surface area contributed by atoms with Gasteiger partial charge in [-0.05, 0) is 74.6 Å². The highest BCUT2D eigenvalue weighted by Crippen LogP contribution is 2.43. The SMILES string of the molecule is Cc1ccccc1-c1ccccc1CC1(C(=O)NC(C)C)CCN(C(=O)[C@@H]2C[C@@H]2C)CC1. The molecule has 1 aliphatic carbocycles. The molecule has 1 saturated carbocycles. The average Bonchev–Trinajstić information content (AvgIpc) is 3.51. The largest absolute Gasteiger partial charge is 0.353 e. The van der Waals surface area contributed by atoms with Gasteiger partial charge in [0.15, 0.2) is 0 Å². The second kappa shape index (κ2) is 9.09. The highest BCUT2D eigenvalue weighted by molar-refractivity contribution is 5.85. The van der Waals surface area contributed by atoms with Crippen LogP contribution in [0.5, 0.6) is 0 Å². The summed E-state index contributed by atoms with van der Waals surface area (Å²) in [5.74, 6) is 1.13. The Labute approximate surface area is 192 Å². The highest BCUT2D eigenvalue weighted by Gasteiger charge is 2.46. The van der Waals surface area contributed by atoms with Crippen LogP contribution in [0.4, 0.5) is 0 Å². The van der Waals surface area contributed by atoms with Gasteiger partial charge in [0.1, 0.15) is 0 Å². The van der Waals surface area contributed by atoms with Gasteiger partial charge in [-0.3, -0.25) is 9.59 Å². The van der Waals surface area contributed by atoms with Crippen molar-refractivity contribution in [1.82, 2.24) is 10.2 Å². The smallest absolute Gasteiger partial charge is 0.226 e. The lowest BCUT2D eigenvalue weighted by molar-refractivity contribution is -0.141. The fraction of sp³-hybridized carbons (Fsp3) is 0.500. The molecule has 4 nitrogen and oxygen atoms in total. The number of hydrogen-bond donors (Lipinski definition) is 1. The molecule has 1 N–H and O–H groups in total. The zero-order chi connectivity index (χ0) is 22.9. The van der Waals surface area contributed by atoms with E-state index in [0.29, 0.717) is 38.3 Å². The van der Waals surface area contributed by atoms with Crippen LogP contribution in [0.15, 0.2) is 48.5 Å². The lowest BCUT2D eigenvalue weighted by Crippen LogP contribution is -2.52. The van der Waals surface area contributed by atoms with Crippen LogP contribution >= 0.6 is 0 Å². The van der Waals surface area contributed by atoms with Crippen LogP contribution in [0.2, 0.25) is 0 Å². The third-order valence-corrected chi connectivity index (χ3v) is 7.34. The summed E-state index contributed by atoms with van der Waals surface area (Å²) in [4.78, 5) is 28.3.